The van der Waals surface area contributed by atoms with Crippen LogP contribution in [0.3, 0.4) is 0 Å². The zero-order chi connectivity index (χ0) is 9.97. The van der Waals surface area contributed by atoms with E-state index in [1.165, 1.54) is 12.3 Å². The highest BCUT2D eigenvalue weighted by Gasteiger charge is 2.03. The van der Waals surface area contributed by atoms with E-state index in [1.807, 2.05) is 0 Å². The van der Waals surface area contributed by atoms with Crippen molar-refractivity contribution in [3.8, 4) is 0 Å². The molecule has 0 amide bonds. The number of H-pyrrole nitrogens is 1. The molecule has 0 unspecified atom stereocenters. The molecule has 0 radical (unpaired) electrons. The minimum Gasteiger partial charge on any atom is -0.337 e. The van der Waals surface area contributed by atoms with E-state index < -0.39 is 11.6 Å². The number of nitrogens with one attached hydrogen (secondary N) is 2. The topological polar surface area (TPSA) is 53.6 Å². The average molecular weight is 196 g/mol. The fraction of sp³-hybridized carbons (Fsp3) is 0. The molecule has 72 valence electrons. The second kappa shape index (κ2) is 3.41. The standard InChI is InChI=1S/C8H6F2N4/c9-6-2-1-5(3-7(6)10)12-8-4-11-14-13-8/h1-4H,(H2,11,12,13,14). The molecular weight excluding hydrogens is 190 g/mol. The van der Waals surface area contributed by atoms with E-state index in [0.717, 1.165) is 12.1 Å². The summed E-state index contributed by atoms with van der Waals surface area (Å²) in [6, 6.07) is 3.49. The fourth-order valence-corrected chi connectivity index (χ4v) is 0.984. The molecule has 6 heteroatoms. The number of hydrogen-bond acceptors (Lipinski definition) is 3. The second-order valence-electron chi connectivity index (χ2n) is 2.61. The maximum absolute atomic E-state index is 12.7. The Labute approximate surface area is 78.0 Å². The Hall–Kier alpha value is -1.98. The van der Waals surface area contributed by atoms with Gasteiger partial charge in [0, 0.05) is 11.8 Å². The van der Waals surface area contributed by atoms with Crippen LogP contribution in [0, 0.1) is 11.6 Å². The molecular formula is C8H6F2N4. The minimum atomic E-state index is -0.904. The maximum Gasteiger partial charge on any atom is 0.172 e. The van der Waals surface area contributed by atoms with Gasteiger partial charge in [-0.1, -0.05) is 0 Å². The molecule has 0 saturated heterocycles. The first-order valence-corrected chi connectivity index (χ1v) is 3.83. The zero-order valence-electron chi connectivity index (χ0n) is 6.96. The van der Waals surface area contributed by atoms with Crippen LogP contribution in [0.25, 0.3) is 0 Å². The van der Waals surface area contributed by atoms with Crippen LogP contribution in [-0.2, 0) is 0 Å². The number of nitrogens with zero attached hydrogens (tertiary/aromatic N) is 2. The number of halogens is 2. The number of benzene rings is 1. The van der Waals surface area contributed by atoms with E-state index in [4.69, 9.17) is 0 Å². The lowest BCUT2D eigenvalue weighted by molar-refractivity contribution is 0.509. The highest BCUT2D eigenvalue weighted by molar-refractivity contribution is 5.54. The molecule has 14 heavy (non-hydrogen) atoms. The van der Waals surface area contributed by atoms with Gasteiger partial charge < -0.3 is 5.32 Å². The van der Waals surface area contributed by atoms with Crippen molar-refractivity contribution < 1.29 is 8.78 Å². The molecule has 2 N–H and O–H groups in total. The molecule has 0 spiro atoms. The van der Waals surface area contributed by atoms with Crippen molar-refractivity contribution in [1.82, 2.24) is 15.4 Å². The Balaban J connectivity index is 2.22. The summed E-state index contributed by atoms with van der Waals surface area (Å²) in [4.78, 5) is 0. The Kier molecular flexibility index (Phi) is 2.10. The Bertz CT molecular complexity index is 427. The summed E-state index contributed by atoms with van der Waals surface area (Å²) >= 11 is 0. The second-order valence-corrected chi connectivity index (χ2v) is 2.61. The van der Waals surface area contributed by atoms with Gasteiger partial charge in [0.05, 0.1) is 6.20 Å². The van der Waals surface area contributed by atoms with Gasteiger partial charge in [0.15, 0.2) is 17.5 Å². The normalized spacial score (nSPS) is 10.1. The molecule has 0 fully saturated rings. The van der Waals surface area contributed by atoms with Gasteiger partial charge in [0.25, 0.3) is 0 Å². The number of aromatic nitrogens is 3. The van der Waals surface area contributed by atoms with Crippen LogP contribution >= 0.6 is 0 Å². The van der Waals surface area contributed by atoms with Crippen molar-refractivity contribution in [1.29, 1.82) is 0 Å². The van der Waals surface area contributed by atoms with Gasteiger partial charge in [-0.25, -0.2) is 8.78 Å². The molecule has 0 atom stereocenters. The smallest absolute Gasteiger partial charge is 0.172 e. The molecule has 2 aromatic rings. The molecule has 0 aliphatic heterocycles. The molecule has 1 aromatic heterocycles. The number of rotatable bonds is 2. The summed E-state index contributed by atoms with van der Waals surface area (Å²) < 4.78 is 25.3. The van der Waals surface area contributed by atoms with E-state index in [-0.39, 0.29) is 0 Å². The molecule has 0 saturated carbocycles. The van der Waals surface area contributed by atoms with Crippen LogP contribution in [0.15, 0.2) is 24.4 Å². The van der Waals surface area contributed by atoms with Gasteiger partial charge in [-0.3, -0.25) is 0 Å². The molecule has 0 aliphatic carbocycles. The summed E-state index contributed by atoms with van der Waals surface area (Å²) in [6.45, 7) is 0. The Morgan fingerprint density at radius 3 is 2.71 bits per heavy atom. The van der Waals surface area contributed by atoms with Crippen molar-refractivity contribution in [2.24, 2.45) is 0 Å². The van der Waals surface area contributed by atoms with Crippen LogP contribution in [0.2, 0.25) is 0 Å². The van der Waals surface area contributed by atoms with Crippen LogP contribution < -0.4 is 5.32 Å². The lowest BCUT2D eigenvalue weighted by atomic mass is 10.3. The van der Waals surface area contributed by atoms with Gasteiger partial charge in [0.2, 0.25) is 0 Å². The van der Waals surface area contributed by atoms with Crippen LogP contribution in [0.4, 0.5) is 20.3 Å². The third-order valence-corrected chi connectivity index (χ3v) is 1.61. The highest BCUT2D eigenvalue weighted by atomic mass is 19.2. The van der Waals surface area contributed by atoms with E-state index in [0.29, 0.717) is 11.5 Å². The average Bonchev–Trinajstić information content (AvgIpc) is 2.64. The minimum absolute atomic E-state index is 0.415. The largest absolute Gasteiger partial charge is 0.337 e. The van der Waals surface area contributed by atoms with Crippen molar-refractivity contribution >= 4 is 11.5 Å². The third-order valence-electron chi connectivity index (χ3n) is 1.61. The molecule has 4 nitrogen and oxygen atoms in total. The summed E-state index contributed by atoms with van der Waals surface area (Å²) in [5.41, 5.74) is 0.415. The monoisotopic (exact) mass is 196 g/mol. The molecule has 0 aliphatic rings. The first kappa shape index (κ1) is 8.61. The first-order valence-electron chi connectivity index (χ1n) is 3.83. The van der Waals surface area contributed by atoms with Crippen molar-refractivity contribution in [3.05, 3.63) is 36.0 Å². The van der Waals surface area contributed by atoms with Crippen LogP contribution in [-0.4, -0.2) is 15.4 Å². The molecule has 1 aromatic carbocycles. The lowest BCUT2D eigenvalue weighted by Crippen LogP contribution is -1.92. The number of aromatic amines is 1. The fourth-order valence-electron chi connectivity index (χ4n) is 0.984. The van der Waals surface area contributed by atoms with E-state index in [1.54, 1.807) is 0 Å². The van der Waals surface area contributed by atoms with Crippen LogP contribution in [0.1, 0.15) is 0 Å². The van der Waals surface area contributed by atoms with E-state index in [9.17, 15) is 8.78 Å². The summed E-state index contributed by atoms with van der Waals surface area (Å²) in [6.07, 6.45) is 1.43. The Morgan fingerprint density at radius 1 is 1.21 bits per heavy atom. The SMILES string of the molecule is Fc1ccc(Nc2cn[nH]n2)cc1F. The van der Waals surface area contributed by atoms with Gasteiger partial charge in [-0.15, -0.1) is 5.10 Å². The van der Waals surface area contributed by atoms with Crippen molar-refractivity contribution in [2.45, 2.75) is 0 Å². The number of anilines is 2. The van der Waals surface area contributed by atoms with Crippen molar-refractivity contribution in [3.63, 3.8) is 0 Å². The van der Waals surface area contributed by atoms with E-state index >= 15 is 0 Å². The quantitative estimate of drug-likeness (QED) is 0.770. The molecule has 1 heterocycles. The predicted octanol–water partition coefficient (Wildman–Crippen LogP) is 1.83. The summed E-state index contributed by atoms with van der Waals surface area (Å²) in [5.74, 6) is -1.34. The zero-order valence-corrected chi connectivity index (χ0v) is 6.96. The number of hydrogen-bond donors (Lipinski definition) is 2. The highest BCUT2D eigenvalue weighted by Crippen LogP contribution is 2.16. The van der Waals surface area contributed by atoms with Gasteiger partial charge >= 0.3 is 0 Å². The van der Waals surface area contributed by atoms with Gasteiger partial charge in [-0.05, 0) is 12.1 Å². The first-order chi connectivity index (χ1) is 6.75. The summed E-state index contributed by atoms with van der Waals surface area (Å²) in [7, 11) is 0. The third kappa shape index (κ3) is 1.68. The van der Waals surface area contributed by atoms with Crippen LogP contribution in [0.5, 0.6) is 0 Å². The van der Waals surface area contributed by atoms with E-state index in [2.05, 4.69) is 20.7 Å². The van der Waals surface area contributed by atoms with Gasteiger partial charge in [-0.2, -0.15) is 10.3 Å². The Morgan fingerprint density at radius 2 is 2.07 bits per heavy atom. The molecule has 0 bridgehead atoms. The lowest BCUT2D eigenvalue weighted by Gasteiger charge is -2.01. The molecule has 2 rings (SSSR count). The van der Waals surface area contributed by atoms with Gasteiger partial charge in [0.1, 0.15) is 0 Å². The summed E-state index contributed by atoms with van der Waals surface area (Å²) in [5, 5.41) is 12.4. The van der Waals surface area contributed by atoms with Crippen molar-refractivity contribution in [2.75, 3.05) is 5.32 Å². The maximum atomic E-state index is 12.7. The predicted molar refractivity (Wildman–Crippen MR) is 46.0 cm³/mol.